The van der Waals surface area contributed by atoms with Crippen LogP contribution in [0.3, 0.4) is 0 Å². The van der Waals surface area contributed by atoms with Gasteiger partial charge in [0.15, 0.2) is 22.6 Å². The zero-order valence-electron chi connectivity index (χ0n) is 25.9. The highest BCUT2D eigenvalue weighted by Crippen LogP contribution is 2.59. The smallest absolute Gasteiger partial charge is 0.404 e. The van der Waals surface area contributed by atoms with Gasteiger partial charge < -0.3 is 14.0 Å². The first-order chi connectivity index (χ1) is 22.8. The lowest BCUT2D eigenvalue weighted by Gasteiger charge is -2.36. The molecule has 2 aliphatic carbocycles. The van der Waals surface area contributed by atoms with E-state index in [0.29, 0.717) is 11.8 Å². The second kappa shape index (κ2) is 8.38. The predicted octanol–water partition coefficient (Wildman–Crippen LogP) is 9.26. The first-order valence-corrected chi connectivity index (χ1v) is 17.6. The van der Waals surface area contributed by atoms with Crippen molar-refractivity contribution in [3.05, 3.63) is 101 Å². The Bertz CT molecular complexity index is 2290. The molecule has 2 fully saturated rings. The average molecular weight is 602 g/mol. The number of aromatic nitrogens is 3. The van der Waals surface area contributed by atoms with Crippen molar-refractivity contribution in [3.8, 4) is 40.3 Å². The van der Waals surface area contributed by atoms with Crippen LogP contribution >= 0.6 is 0 Å². The van der Waals surface area contributed by atoms with Crippen LogP contribution in [0, 0.1) is 0 Å². The Hall–Kier alpha value is -4.64. The summed E-state index contributed by atoms with van der Waals surface area (Å²) in [5, 5.41) is 2.54. The molecule has 1 unspecified atom stereocenters. The lowest BCUT2D eigenvalue weighted by atomic mass is 9.81. The van der Waals surface area contributed by atoms with Crippen LogP contribution < -0.4 is 18.6 Å². The highest BCUT2D eigenvalue weighted by atomic mass is 16.5. The number of para-hydroxylation sites is 1. The normalized spacial score (nSPS) is 21.7. The van der Waals surface area contributed by atoms with Crippen LogP contribution in [0.2, 0.25) is 0 Å². The molecule has 4 aliphatic heterocycles. The molecule has 6 aromatic rings. The van der Waals surface area contributed by atoms with E-state index in [-0.39, 0.29) is 0 Å². The largest absolute Gasteiger partial charge is 0.433 e. The summed E-state index contributed by atoms with van der Waals surface area (Å²) in [5.41, 5.74) is 10.8. The SMILES string of the molecule is c1cc2c3c(c1)-n1c4ccccc4c4ccc5c(c41)C31[n+]3c(cc(C4CCCCC4)cc3-c3cc(C4CCCCC4)cc([n+]31)O5)O2. The molecule has 2 saturated carbocycles. The van der Waals surface area contributed by atoms with Crippen molar-refractivity contribution in [2.45, 2.75) is 81.7 Å². The monoisotopic (exact) mass is 601 g/mol. The zero-order chi connectivity index (χ0) is 29.7. The van der Waals surface area contributed by atoms with Crippen molar-refractivity contribution in [1.82, 2.24) is 4.57 Å². The second-order valence-corrected chi connectivity index (χ2v) is 14.6. The number of fused-ring (bicyclic) bond motifs is 5. The minimum atomic E-state index is -0.632. The molecule has 12 rings (SSSR count). The van der Waals surface area contributed by atoms with Gasteiger partial charge >= 0.3 is 17.4 Å². The standard InChI is InChI=1S/C41H35N3O2/c1-3-10-24(11-4-1)26-20-32-33-21-27(25-12-5-2-6-13-25)23-37-44(33)41-38-31(16-9-17-34(38)45-36(22-26)43(32)41)42-30-15-8-7-14-28(30)29-18-19-35(46-37)39(41)40(29)42/h7-9,14-25H,1-6,10-13H2/q+2. The van der Waals surface area contributed by atoms with Crippen LogP contribution in [0.5, 0.6) is 23.3 Å². The highest BCUT2D eigenvalue weighted by Gasteiger charge is 2.74. The maximum absolute atomic E-state index is 7.11. The Labute approximate surface area is 267 Å². The summed E-state index contributed by atoms with van der Waals surface area (Å²) in [6.45, 7) is 0. The van der Waals surface area contributed by atoms with Crippen molar-refractivity contribution in [1.29, 1.82) is 0 Å². The quantitative estimate of drug-likeness (QED) is 0.185. The summed E-state index contributed by atoms with van der Waals surface area (Å²) in [6.07, 6.45) is 13.0. The second-order valence-electron chi connectivity index (χ2n) is 14.6. The molecule has 1 spiro atoms. The Balaban J connectivity index is 1.27. The zero-order valence-corrected chi connectivity index (χ0v) is 25.9. The van der Waals surface area contributed by atoms with Crippen molar-refractivity contribution in [3.63, 3.8) is 0 Å². The van der Waals surface area contributed by atoms with Crippen LogP contribution in [0.4, 0.5) is 0 Å². The molecule has 224 valence electrons. The van der Waals surface area contributed by atoms with E-state index in [2.05, 4.69) is 92.6 Å². The molecule has 3 aromatic carbocycles. The molecule has 0 N–H and O–H groups in total. The molecule has 7 heterocycles. The van der Waals surface area contributed by atoms with Gasteiger partial charge in [-0.2, -0.15) is 0 Å². The van der Waals surface area contributed by atoms with Gasteiger partial charge in [-0.25, -0.2) is 0 Å². The number of rotatable bonds is 2. The summed E-state index contributed by atoms with van der Waals surface area (Å²) < 4.78 is 21.8. The Kier molecular flexibility index (Phi) is 4.48. The molecule has 6 aliphatic rings. The summed E-state index contributed by atoms with van der Waals surface area (Å²) >= 11 is 0. The minimum absolute atomic E-state index is 0.576. The molecule has 5 nitrogen and oxygen atoms in total. The van der Waals surface area contributed by atoms with E-state index in [4.69, 9.17) is 9.47 Å². The Morgan fingerprint density at radius 2 is 1.22 bits per heavy atom. The Morgan fingerprint density at radius 3 is 1.89 bits per heavy atom. The fourth-order valence-corrected chi connectivity index (χ4v) is 10.5. The number of hydrogen-bond donors (Lipinski definition) is 0. The fraction of sp³-hybridized carbons (Fsp3) is 0.317. The topological polar surface area (TPSA) is 31.1 Å². The van der Waals surface area contributed by atoms with Gasteiger partial charge in [-0.15, -0.1) is 0 Å². The number of pyridine rings is 2. The lowest BCUT2D eigenvalue weighted by molar-refractivity contribution is -0.943. The molecule has 5 heteroatoms. The number of nitrogens with zero attached hydrogens (tertiary/aromatic N) is 3. The van der Waals surface area contributed by atoms with Crippen molar-refractivity contribution >= 4 is 21.8 Å². The van der Waals surface area contributed by atoms with Gasteiger partial charge in [-0.3, -0.25) is 0 Å². The molecule has 46 heavy (non-hydrogen) atoms. The molecule has 0 saturated heterocycles. The molecule has 0 amide bonds. The number of hydrogen-bond acceptors (Lipinski definition) is 2. The molecule has 0 bridgehead atoms. The number of ether oxygens (including phenoxy) is 2. The van der Waals surface area contributed by atoms with Gasteiger partial charge in [0.25, 0.3) is 11.4 Å². The van der Waals surface area contributed by atoms with Gasteiger partial charge in [0.05, 0.1) is 28.9 Å². The molecule has 1 atom stereocenters. The third kappa shape index (κ3) is 2.74. The summed E-state index contributed by atoms with van der Waals surface area (Å²) in [6, 6.07) is 29.8. The van der Waals surface area contributed by atoms with Crippen LogP contribution in [0.15, 0.2) is 78.9 Å². The summed E-state index contributed by atoms with van der Waals surface area (Å²) in [4.78, 5) is 0. The van der Waals surface area contributed by atoms with E-state index in [1.165, 1.54) is 125 Å². The maximum Gasteiger partial charge on any atom is 0.433 e. The molecule has 0 radical (unpaired) electrons. The van der Waals surface area contributed by atoms with Crippen LogP contribution in [-0.4, -0.2) is 4.57 Å². The molecular formula is C41H35N3O2+2. The van der Waals surface area contributed by atoms with Crippen LogP contribution in [-0.2, 0) is 5.66 Å². The molecule has 3 aromatic heterocycles. The first kappa shape index (κ1) is 24.6. The van der Waals surface area contributed by atoms with Gasteiger partial charge in [0, 0.05) is 22.9 Å². The Morgan fingerprint density at radius 1 is 0.587 bits per heavy atom. The van der Waals surface area contributed by atoms with Gasteiger partial charge in [0.2, 0.25) is 0 Å². The first-order valence-electron chi connectivity index (χ1n) is 17.6. The van der Waals surface area contributed by atoms with Gasteiger partial charge in [0.1, 0.15) is 0 Å². The third-order valence-electron chi connectivity index (χ3n) is 12.3. The predicted molar refractivity (Wildman–Crippen MR) is 176 cm³/mol. The van der Waals surface area contributed by atoms with E-state index in [0.717, 1.165) is 23.3 Å². The van der Waals surface area contributed by atoms with Gasteiger partial charge in [-0.05, 0) is 79.0 Å². The molecular weight excluding hydrogens is 566 g/mol. The highest BCUT2D eigenvalue weighted by molar-refractivity contribution is 6.12. The van der Waals surface area contributed by atoms with E-state index >= 15 is 0 Å². The minimum Gasteiger partial charge on any atom is -0.404 e. The van der Waals surface area contributed by atoms with E-state index in [1.807, 2.05) is 0 Å². The van der Waals surface area contributed by atoms with E-state index < -0.39 is 5.66 Å². The number of benzene rings is 3. The average Bonchev–Trinajstić information content (AvgIpc) is 3.61. The fourth-order valence-electron chi connectivity index (χ4n) is 10.5. The van der Waals surface area contributed by atoms with Gasteiger partial charge in [-0.1, -0.05) is 71.9 Å². The van der Waals surface area contributed by atoms with E-state index in [1.54, 1.807) is 0 Å². The van der Waals surface area contributed by atoms with Crippen LogP contribution in [0.1, 0.15) is 98.3 Å². The van der Waals surface area contributed by atoms with Crippen molar-refractivity contribution in [2.75, 3.05) is 0 Å². The summed E-state index contributed by atoms with van der Waals surface area (Å²) in [5.74, 6) is 4.95. The van der Waals surface area contributed by atoms with Crippen molar-refractivity contribution < 1.29 is 18.6 Å². The van der Waals surface area contributed by atoms with Crippen molar-refractivity contribution in [2.24, 2.45) is 0 Å². The maximum atomic E-state index is 7.11. The lowest BCUT2D eigenvalue weighted by Crippen LogP contribution is -2.74. The van der Waals surface area contributed by atoms with Crippen LogP contribution in [0.25, 0.3) is 38.9 Å². The summed E-state index contributed by atoms with van der Waals surface area (Å²) in [7, 11) is 0. The third-order valence-corrected chi connectivity index (χ3v) is 12.3. The van der Waals surface area contributed by atoms with E-state index in [9.17, 15) is 0 Å².